The van der Waals surface area contributed by atoms with Gasteiger partial charge in [0.2, 0.25) is 0 Å². The lowest BCUT2D eigenvalue weighted by Gasteiger charge is -2.07. The Hall–Kier alpha value is -1.52. The van der Waals surface area contributed by atoms with Crippen LogP contribution in [0.5, 0.6) is 0 Å². The van der Waals surface area contributed by atoms with E-state index in [0.717, 1.165) is 16.6 Å². The number of aromatic nitrogens is 2. The van der Waals surface area contributed by atoms with E-state index in [1.807, 2.05) is 0 Å². The standard InChI is InChI=1S/C8H5F3N2/c9-8(10,11)6-2-1-5-13-7(6)3-4-12-13/h1-5H/i4D. The average molecular weight is 187 g/mol. The third-order valence-electron chi connectivity index (χ3n) is 1.69. The van der Waals surface area contributed by atoms with Crippen LogP contribution in [0.2, 0.25) is 0 Å². The molecule has 2 rings (SSSR count). The molecule has 2 heterocycles. The number of nitrogens with zero attached hydrogens (tertiary/aromatic N) is 2. The summed E-state index contributed by atoms with van der Waals surface area (Å²) in [6.07, 6.45) is -3.21. The molecule has 0 radical (unpaired) electrons. The smallest absolute Gasteiger partial charge is 0.240 e. The zero-order valence-corrected chi connectivity index (χ0v) is 6.34. The highest BCUT2D eigenvalue weighted by Crippen LogP contribution is 2.31. The molecule has 2 nitrogen and oxygen atoms in total. The molecule has 0 aromatic carbocycles. The molecule has 2 aromatic heterocycles. The summed E-state index contributed by atoms with van der Waals surface area (Å²) >= 11 is 0. The molecule has 13 heavy (non-hydrogen) atoms. The highest BCUT2D eigenvalue weighted by molar-refractivity contribution is 5.54. The van der Waals surface area contributed by atoms with Crippen molar-refractivity contribution >= 4 is 5.52 Å². The van der Waals surface area contributed by atoms with E-state index in [4.69, 9.17) is 1.37 Å². The first-order valence-corrected chi connectivity index (χ1v) is 3.51. The summed E-state index contributed by atoms with van der Waals surface area (Å²) in [6, 6.07) is 3.31. The second-order valence-electron chi connectivity index (χ2n) is 2.52. The summed E-state index contributed by atoms with van der Waals surface area (Å²) in [5.74, 6) is 0. The lowest BCUT2D eigenvalue weighted by molar-refractivity contribution is -0.136. The first kappa shape index (κ1) is 6.94. The third-order valence-corrected chi connectivity index (χ3v) is 1.69. The Morgan fingerprint density at radius 3 is 2.85 bits per heavy atom. The number of rotatable bonds is 0. The highest BCUT2D eigenvalue weighted by Gasteiger charge is 2.32. The van der Waals surface area contributed by atoms with E-state index < -0.39 is 11.7 Å². The van der Waals surface area contributed by atoms with Gasteiger partial charge in [-0.15, -0.1) is 0 Å². The van der Waals surface area contributed by atoms with Crippen LogP contribution in [-0.2, 0) is 6.18 Å². The number of halogens is 3. The van der Waals surface area contributed by atoms with Crippen molar-refractivity contribution in [1.82, 2.24) is 9.61 Å². The van der Waals surface area contributed by atoms with E-state index in [-0.39, 0.29) is 11.7 Å². The quantitative estimate of drug-likeness (QED) is 0.618. The maximum absolute atomic E-state index is 12.4. The average Bonchev–Trinajstić information content (AvgIpc) is 2.41. The van der Waals surface area contributed by atoms with Gasteiger partial charge < -0.3 is 0 Å². The molecule has 0 fully saturated rings. The van der Waals surface area contributed by atoms with Crippen LogP contribution in [0.1, 0.15) is 6.93 Å². The fraction of sp³-hybridized carbons (Fsp3) is 0.125. The van der Waals surface area contributed by atoms with Crippen LogP contribution in [0.25, 0.3) is 5.52 Å². The maximum Gasteiger partial charge on any atom is 0.418 e. The minimum absolute atomic E-state index is 0.0926. The summed E-state index contributed by atoms with van der Waals surface area (Å²) in [4.78, 5) is 0. The van der Waals surface area contributed by atoms with Crippen LogP contribution < -0.4 is 0 Å². The van der Waals surface area contributed by atoms with Gasteiger partial charge in [0.1, 0.15) is 0 Å². The molecule has 0 atom stereocenters. The summed E-state index contributed by atoms with van der Waals surface area (Å²) < 4.78 is 45.4. The lowest BCUT2D eigenvalue weighted by Crippen LogP contribution is -2.06. The van der Waals surface area contributed by atoms with E-state index in [1.165, 1.54) is 12.3 Å². The molecule has 0 aliphatic heterocycles. The van der Waals surface area contributed by atoms with E-state index >= 15 is 0 Å². The summed E-state index contributed by atoms with van der Waals surface area (Å²) in [5, 5.41) is 3.57. The van der Waals surface area contributed by atoms with Crippen LogP contribution in [0, 0.1) is 0 Å². The number of alkyl halides is 3. The minimum Gasteiger partial charge on any atom is -0.240 e. The van der Waals surface area contributed by atoms with Gasteiger partial charge in [-0.05, 0) is 18.2 Å². The monoisotopic (exact) mass is 187 g/mol. The van der Waals surface area contributed by atoms with Gasteiger partial charge in [0.15, 0.2) is 0 Å². The van der Waals surface area contributed by atoms with Gasteiger partial charge >= 0.3 is 6.18 Å². The summed E-state index contributed by atoms with van der Waals surface area (Å²) in [5.41, 5.74) is -0.865. The first-order chi connectivity index (χ1) is 6.48. The van der Waals surface area contributed by atoms with Gasteiger partial charge in [-0.25, -0.2) is 4.52 Å². The molecule has 0 N–H and O–H groups in total. The van der Waals surface area contributed by atoms with Gasteiger partial charge in [-0.2, -0.15) is 18.3 Å². The molecule has 0 amide bonds. The Balaban J connectivity index is 2.77. The van der Waals surface area contributed by atoms with E-state index in [9.17, 15) is 13.2 Å². The highest BCUT2D eigenvalue weighted by atomic mass is 19.4. The Bertz CT molecular complexity index is 475. The van der Waals surface area contributed by atoms with Gasteiger partial charge in [0.25, 0.3) is 0 Å². The van der Waals surface area contributed by atoms with Gasteiger partial charge in [-0.3, -0.25) is 0 Å². The zero-order valence-electron chi connectivity index (χ0n) is 7.34. The van der Waals surface area contributed by atoms with Crippen LogP contribution in [0.4, 0.5) is 13.2 Å². The van der Waals surface area contributed by atoms with Crippen molar-refractivity contribution in [3.8, 4) is 0 Å². The van der Waals surface area contributed by atoms with Crippen LogP contribution in [0.3, 0.4) is 0 Å². The molecule has 0 bridgehead atoms. The molecular formula is C8H5F3N2. The lowest BCUT2D eigenvalue weighted by atomic mass is 10.2. The molecular weight excluding hydrogens is 181 g/mol. The molecule has 0 aliphatic rings. The van der Waals surface area contributed by atoms with Gasteiger partial charge in [0.05, 0.1) is 12.5 Å². The molecule has 2 aromatic rings. The molecule has 0 aliphatic carbocycles. The number of hydrogen-bond donors (Lipinski definition) is 0. The topological polar surface area (TPSA) is 17.3 Å². The predicted molar refractivity (Wildman–Crippen MR) is 40.2 cm³/mol. The zero-order chi connectivity index (χ0) is 10.3. The molecule has 0 unspecified atom stereocenters. The largest absolute Gasteiger partial charge is 0.418 e. The molecule has 0 spiro atoms. The van der Waals surface area contributed by atoms with Gasteiger partial charge in [-0.1, -0.05) is 0 Å². The predicted octanol–water partition coefficient (Wildman–Crippen LogP) is 2.35. The number of hydrogen-bond acceptors (Lipinski definition) is 1. The Morgan fingerprint density at radius 2 is 2.15 bits per heavy atom. The number of pyridine rings is 1. The fourth-order valence-electron chi connectivity index (χ4n) is 1.13. The Morgan fingerprint density at radius 1 is 1.38 bits per heavy atom. The van der Waals surface area contributed by atoms with Crippen LogP contribution >= 0.6 is 0 Å². The van der Waals surface area contributed by atoms with E-state index in [1.54, 1.807) is 0 Å². The normalized spacial score (nSPS) is 13.3. The molecule has 0 saturated heterocycles. The fourth-order valence-corrected chi connectivity index (χ4v) is 1.13. The minimum atomic E-state index is -4.41. The van der Waals surface area contributed by atoms with E-state index in [0.29, 0.717) is 0 Å². The second kappa shape index (κ2) is 2.48. The number of fused-ring (bicyclic) bond motifs is 1. The molecule has 68 valence electrons. The van der Waals surface area contributed by atoms with Crippen molar-refractivity contribution in [1.29, 1.82) is 0 Å². The Labute approximate surface area is 73.0 Å². The van der Waals surface area contributed by atoms with Gasteiger partial charge in [0, 0.05) is 12.4 Å². The third kappa shape index (κ3) is 1.26. The van der Waals surface area contributed by atoms with Crippen LogP contribution in [-0.4, -0.2) is 9.61 Å². The van der Waals surface area contributed by atoms with Crippen molar-refractivity contribution in [3.63, 3.8) is 0 Å². The van der Waals surface area contributed by atoms with Crippen molar-refractivity contribution in [3.05, 3.63) is 36.1 Å². The molecule has 5 heteroatoms. The van der Waals surface area contributed by atoms with E-state index in [2.05, 4.69) is 5.10 Å². The first-order valence-electron chi connectivity index (χ1n) is 4.01. The molecule has 0 saturated carbocycles. The van der Waals surface area contributed by atoms with Crippen molar-refractivity contribution in [2.75, 3.05) is 0 Å². The SMILES string of the molecule is [2H]c1cc2c(C(F)(F)F)cccn2n1. The van der Waals surface area contributed by atoms with Crippen molar-refractivity contribution in [2.24, 2.45) is 0 Å². The summed E-state index contributed by atoms with van der Waals surface area (Å²) in [7, 11) is 0. The summed E-state index contributed by atoms with van der Waals surface area (Å²) in [6.45, 7) is 0. The Kier molecular flexibility index (Phi) is 1.32. The van der Waals surface area contributed by atoms with Crippen molar-refractivity contribution < 1.29 is 14.5 Å². The maximum atomic E-state index is 12.4. The van der Waals surface area contributed by atoms with Crippen LogP contribution in [0.15, 0.2) is 30.6 Å². The second-order valence-corrected chi connectivity index (χ2v) is 2.52. The van der Waals surface area contributed by atoms with Crippen molar-refractivity contribution in [2.45, 2.75) is 6.18 Å².